The largest absolute Gasteiger partial charge is 0.425 e. The van der Waals surface area contributed by atoms with Gasteiger partial charge in [-0.25, -0.2) is 17.6 Å². The van der Waals surface area contributed by atoms with E-state index in [0.29, 0.717) is 16.9 Å². The van der Waals surface area contributed by atoms with E-state index < -0.39 is 39.7 Å². The number of carbonyl (C=O) groups is 3. The third-order valence-corrected chi connectivity index (χ3v) is 9.42. The van der Waals surface area contributed by atoms with Crippen molar-refractivity contribution in [3.05, 3.63) is 82.5 Å². The molecule has 200 valence electrons. The summed E-state index contributed by atoms with van der Waals surface area (Å²) in [6.07, 6.45) is 0.645. The molecule has 3 aromatic rings. The molecule has 1 fully saturated rings. The van der Waals surface area contributed by atoms with Crippen LogP contribution in [0.15, 0.2) is 64.9 Å². The van der Waals surface area contributed by atoms with Crippen LogP contribution in [0.1, 0.15) is 45.4 Å². The number of carbonyl (C=O) groups excluding carboxylic acids is 3. The maximum atomic E-state index is 14.0. The maximum Gasteiger partial charge on any atom is 0.328 e. The zero-order valence-corrected chi connectivity index (χ0v) is 22.1. The number of thiophene rings is 1. The van der Waals surface area contributed by atoms with Crippen molar-refractivity contribution in [1.82, 2.24) is 9.62 Å². The Morgan fingerprint density at radius 3 is 2.61 bits per heavy atom. The first-order valence-electron chi connectivity index (χ1n) is 11.8. The number of benzene rings is 2. The molecule has 1 saturated heterocycles. The second-order valence-electron chi connectivity index (χ2n) is 8.76. The van der Waals surface area contributed by atoms with E-state index in [9.17, 15) is 27.2 Å². The summed E-state index contributed by atoms with van der Waals surface area (Å²) in [5.41, 5.74) is 5.78. The number of halogens is 1. The van der Waals surface area contributed by atoms with Gasteiger partial charge in [-0.15, -0.1) is 11.3 Å². The van der Waals surface area contributed by atoms with Crippen molar-refractivity contribution in [2.75, 3.05) is 6.54 Å². The Morgan fingerprint density at radius 2 is 1.89 bits per heavy atom. The van der Waals surface area contributed by atoms with Crippen LogP contribution in [0, 0.1) is 5.82 Å². The minimum Gasteiger partial charge on any atom is -0.425 e. The number of nitrogens with zero attached hydrogens (tertiary/aromatic N) is 1. The van der Waals surface area contributed by atoms with Crippen LogP contribution in [0.2, 0.25) is 0 Å². The number of amides is 1. The molecule has 0 radical (unpaired) electrons. The number of ketones is 1. The summed E-state index contributed by atoms with van der Waals surface area (Å²) < 4.78 is 47.3. The molecule has 4 rings (SSSR count). The first-order chi connectivity index (χ1) is 18.1. The lowest BCUT2D eigenvalue weighted by molar-refractivity contribution is -0.135. The van der Waals surface area contributed by atoms with Crippen molar-refractivity contribution in [2.45, 2.75) is 42.6 Å². The molecule has 2 heterocycles. The summed E-state index contributed by atoms with van der Waals surface area (Å²) >= 11 is 0.992. The molecule has 0 bridgehead atoms. The lowest BCUT2D eigenvalue weighted by Gasteiger charge is -2.23. The average Bonchev–Trinajstić information content (AvgIpc) is 3.59. The summed E-state index contributed by atoms with van der Waals surface area (Å²) in [6, 6.07) is 12.7. The van der Waals surface area contributed by atoms with Crippen molar-refractivity contribution in [2.24, 2.45) is 5.73 Å². The molecule has 1 aliphatic rings. The molecule has 9 nitrogen and oxygen atoms in total. The van der Waals surface area contributed by atoms with Crippen molar-refractivity contribution in [3.8, 4) is 5.75 Å². The second-order valence-corrected chi connectivity index (χ2v) is 12.0. The molecule has 3 N–H and O–H groups in total. The van der Waals surface area contributed by atoms with Crippen molar-refractivity contribution in [3.63, 3.8) is 0 Å². The molecule has 0 spiro atoms. The number of rotatable bonds is 9. The predicted molar refractivity (Wildman–Crippen MR) is 139 cm³/mol. The highest BCUT2D eigenvalue weighted by molar-refractivity contribution is 7.91. The lowest BCUT2D eigenvalue weighted by atomic mass is 10.0. The van der Waals surface area contributed by atoms with Gasteiger partial charge in [-0.1, -0.05) is 18.2 Å². The Hall–Kier alpha value is -3.45. The molecular weight excluding hydrogens is 533 g/mol. The Balaban J connectivity index is 1.52. The van der Waals surface area contributed by atoms with E-state index in [-0.39, 0.29) is 40.9 Å². The summed E-state index contributed by atoms with van der Waals surface area (Å²) in [6.45, 7) is 1.63. The fraction of sp³-hybridized carbons (Fsp3) is 0.269. The quantitative estimate of drug-likeness (QED) is 0.234. The standard InChI is InChI=1S/C26H26FN3O6S2/c1-16(28)26(33)36-22-11-9-18(27)14-20(22)24(31)21-8-5-13-30(21)38(34,35)23-12-10-19(37-23)15-29-25(32)17-6-3-2-4-7-17/h2-4,6-7,9-12,14,16,21H,5,8,13,15,28H2,1H3,(H,29,32)/t16-,21-/m0/s1. The Kier molecular flexibility index (Phi) is 8.36. The molecule has 2 atom stereocenters. The van der Waals surface area contributed by atoms with Crippen molar-refractivity contribution >= 4 is 39.0 Å². The van der Waals surface area contributed by atoms with E-state index in [1.54, 1.807) is 36.4 Å². The smallest absolute Gasteiger partial charge is 0.328 e. The van der Waals surface area contributed by atoms with Gasteiger partial charge < -0.3 is 15.8 Å². The van der Waals surface area contributed by atoms with Gasteiger partial charge in [0, 0.05) is 17.0 Å². The Bertz CT molecular complexity index is 1460. The third kappa shape index (κ3) is 5.99. The van der Waals surface area contributed by atoms with E-state index in [0.717, 1.165) is 33.8 Å². The molecule has 0 saturated carbocycles. The zero-order valence-electron chi connectivity index (χ0n) is 20.4. The summed E-state index contributed by atoms with van der Waals surface area (Å²) in [4.78, 5) is 38.4. The first kappa shape index (κ1) is 27.6. The fourth-order valence-corrected chi connectivity index (χ4v) is 7.10. The highest BCUT2D eigenvalue weighted by Crippen LogP contribution is 2.33. The maximum absolute atomic E-state index is 14.0. The molecule has 1 amide bonds. The third-order valence-electron chi connectivity index (χ3n) is 5.95. The highest BCUT2D eigenvalue weighted by Gasteiger charge is 2.41. The number of Topliss-reactive ketones (excluding diaryl/α,β-unsaturated/α-hetero) is 1. The fourth-order valence-electron chi connectivity index (χ4n) is 4.02. The van der Waals surface area contributed by atoms with Crippen molar-refractivity contribution < 1.29 is 31.9 Å². The van der Waals surface area contributed by atoms with Gasteiger partial charge in [0.1, 0.15) is 21.8 Å². The minimum atomic E-state index is -4.07. The van der Waals surface area contributed by atoms with Gasteiger partial charge in [0.05, 0.1) is 18.2 Å². The number of nitrogens with one attached hydrogen (secondary N) is 1. The summed E-state index contributed by atoms with van der Waals surface area (Å²) in [5, 5.41) is 2.76. The van der Waals surface area contributed by atoms with Crippen LogP contribution in [0.4, 0.5) is 4.39 Å². The number of hydrogen-bond acceptors (Lipinski definition) is 8. The van der Waals surface area contributed by atoms with Gasteiger partial charge in [0.15, 0.2) is 5.78 Å². The Morgan fingerprint density at radius 1 is 1.16 bits per heavy atom. The molecule has 2 aromatic carbocycles. The summed E-state index contributed by atoms with van der Waals surface area (Å²) in [5.74, 6) is -2.70. The molecule has 12 heteroatoms. The molecule has 1 aromatic heterocycles. The van der Waals surface area contributed by atoms with E-state index in [1.807, 2.05) is 0 Å². The second kappa shape index (κ2) is 11.5. The van der Waals surface area contributed by atoms with Crippen LogP contribution in [0.3, 0.4) is 0 Å². The van der Waals surface area contributed by atoms with Gasteiger partial charge in [-0.2, -0.15) is 4.31 Å². The van der Waals surface area contributed by atoms with E-state index in [1.165, 1.54) is 13.0 Å². The van der Waals surface area contributed by atoms with Crippen molar-refractivity contribution in [1.29, 1.82) is 0 Å². The van der Waals surface area contributed by atoms with E-state index >= 15 is 0 Å². The first-order valence-corrected chi connectivity index (χ1v) is 14.1. The molecule has 0 aliphatic carbocycles. The monoisotopic (exact) mass is 559 g/mol. The molecule has 0 unspecified atom stereocenters. The Labute approximate surface area is 223 Å². The summed E-state index contributed by atoms with van der Waals surface area (Å²) in [7, 11) is -4.07. The van der Waals surface area contributed by atoms with Gasteiger partial charge in [0.2, 0.25) is 0 Å². The molecular formula is C26H26FN3O6S2. The van der Waals surface area contributed by atoms with Gasteiger partial charge in [0.25, 0.3) is 15.9 Å². The minimum absolute atomic E-state index is 0.0176. The lowest BCUT2D eigenvalue weighted by Crippen LogP contribution is -2.40. The SMILES string of the molecule is C[C@H](N)C(=O)Oc1ccc(F)cc1C(=O)[C@@H]1CCCN1S(=O)(=O)c1ccc(CNC(=O)c2ccccc2)s1. The van der Waals surface area contributed by atoms with Crippen LogP contribution in [0.25, 0.3) is 0 Å². The number of sulfonamides is 1. The normalized spacial score (nSPS) is 16.7. The number of esters is 1. The average molecular weight is 560 g/mol. The predicted octanol–water partition coefficient (Wildman–Crippen LogP) is 3.11. The topological polar surface area (TPSA) is 136 Å². The van der Waals surface area contributed by atoms with E-state index in [4.69, 9.17) is 10.5 Å². The van der Waals surface area contributed by atoms with Gasteiger partial charge in [-0.3, -0.25) is 9.59 Å². The van der Waals surface area contributed by atoms with E-state index in [2.05, 4.69) is 5.32 Å². The molecule has 1 aliphatic heterocycles. The van der Waals surface area contributed by atoms with Crippen LogP contribution >= 0.6 is 11.3 Å². The molecule has 38 heavy (non-hydrogen) atoms. The number of nitrogens with two attached hydrogens (primary N) is 1. The number of hydrogen-bond donors (Lipinski definition) is 2. The zero-order chi connectivity index (χ0) is 27.4. The van der Waals surface area contributed by atoms with Crippen LogP contribution in [-0.2, 0) is 21.4 Å². The van der Waals surface area contributed by atoms with Crippen LogP contribution < -0.4 is 15.8 Å². The van der Waals surface area contributed by atoms with Crippen LogP contribution in [0.5, 0.6) is 5.75 Å². The highest BCUT2D eigenvalue weighted by atomic mass is 32.2. The van der Waals surface area contributed by atoms with Gasteiger partial charge >= 0.3 is 5.97 Å². The van der Waals surface area contributed by atoms with Gasteiger partial charge in [-0.05, 0) is 62.2 Å². The van der Waals surface area contributed by atoms with Crippen LogP contribution in [-0.4, -0.2) is 49.0 Å². The number of ether oxygens (including phenoxy) is 1.